The lowest BCUT2D eigenvalue weighted by molar-refractivity contribution is 0.0900. The summed E-state index contributed by atoms with van der Waals surface area (Å²) in [6.07, 6.45) is 4.55. The van der Waals surface area contributed by atoms with Crippen LogP contribution in [0.2, 0.25) is 0 Å². The fraction of sp³-hybridized carbons (Fsp3) is 0.429. The van der Waals surface area contributed by atoms with Crippen LogP contribution in [0.4, 0.5) is 0 Å². The number of hydrogen-bond donors (Lipinski definition) is 2. The van der Waals surface area contributed by atoms with Gasteiger partial charge >= 0.3 is 0 Å². The first kappa shape index (κ1) is 15.1. The Bertz CT molecular complexity index is 566. The predicted molar refractivity (Wildman–Crippen MR) is 76.9 cm³/mol. The van der Waals surface area contributed by atoms with Crippen molar-refractivity contribution in [1.82, 2.24) is 25.1 Å². The van der Waals surface area contributed by atoms with Crippen LogP contribution < -0.4 is 5.32 Å². The zero-order chi connectivity index (χ0) is 15.2. The van der Waals surface area contributed by atoms with Crippen molar-refractivity contribution in [3.8, 4) is 5.82 Å². The minimum atomic E-state index is -0.531. The number of carbonyl (C=O) groups is 1. The van der Waals surface area contributed by atoms with Crippen LogP contribution in [0.1, 0.15) is 30.6 Å². The van der Waals surface area contributed by atoms with Gasteiger partial charge in [-0.05, 0) is 24.5 Å². The van der Waals surface area contributed by atoms with Gasteiger partial charge in [-0.15, -0.1) is 0 Å². The molecule has 2 N–H and O–H groups in total. The number of pyridine rings is 1. The Balaban J connectivity index is 1.91. The zero-order valence-corrected chi connectivity index (χ0v) is 12.1. The first-order valence-electron chi connectivity index (χ1n) is 6.83. The van der Waals surface area contributed by atoms with Gasteiger partial charge in [-0.1, -0.05) is 13.8 Å². The van der Waals surface area contributed by atoms with Crippen LogP contribution >= 0.6 is 0 Å². The van der Waals surface area contributed by atoms with Crippen molar-refractivity contribution in [2.75, 3.05) is 6.54 Å². The number of hydrogen-bond acceptors (Lipinski definition) is 5. The first-order valence-corrected chi connectivity index (χ1v) is 6.83. The lowest BCUT2D eigenvalue weighted by atomic mass is 10.1. The Kier molecular flexibility index (Phi) is 4.99. The van der Waals surface area contributed by atoms with Crippen molar-refractivity contribution >= 4 is 5.91 Å². The number of carbonyl (C=O) groups excluding carboxylic acids is 1. The number of amides is 1. The molecular weight excluding hydrogens is 270 g/mol. The lowest BCUT2D eigenvalue weighted by Gasteiger charge is -2.13. The van der Waals surface area contributed by atoms with Crippen molar-refractivity contribution in [2.24, 2.45) is 5.92 Å². The fourth-order valence-electron chi connectivity index (χ4n) is 1.92. The van der Waals surface area contributed by atoms with Crippen molar-refractivity contribution in [2.45, 2.75) is 26.4 Å². The lowest BCUT2D eigenvalue weighted by Crippen LogP contribution is -2.32. The highest BCUT2D eigenvalue weighted by Crippen LogP contribution is 2.05. The highest BCUT2D eigenvalue weighted by Gasteiger charge is 2.11. The van der Waals surface area contributed by atoms with E-state index in [-0.39, 0.29) is 12.5 Å². The Morgan fingerprint density at radius 1 is 1.43 bits per heavy atom. The second-order valence-electron chi connectivity index (χ2n) is 5.24. The second kappa shape index (κ2) is 6.94. The van der Waals surface area contributed by atoms with E-state index in [4.69, 9.17) is 0 Å². The minimum Gasteiger partial charge on any atom is -0.391 e. The zero-order valence-electron chi connectivity index (χ0n) is 12.1. The topological polar surface area (TPSA) is 92.9 Å². The third-order valence-electron chi connectivity index (χ3n) is 2.91. The number of nitrogens with one attached hydrogen (secondary N) is 1. The number of rotatable bonds is 6. The average molecular weight is 289 g/mol. The highest BCUT2D eigenvalue weighted by atomic mass is 16.3. The van der Waals surface area contributed by atoms with Crippen LogP contribution in [0.5, 0.6) is 0 Å². The fourth-order valence-corrected chi connectivity index (χ4v) is 1.92. The molecule has 0 aliphatic carbocycles. The molecular formula is C14H19N5O2. The van der Waals surface area contributed by atoms with E-state index in [2.05, 4.69) is 20.4 Å². The molecule has 1 atom stereocenters. The van der Waals surface area contributed by atoms with Gasteiger partial charge in [-0.3, -0.25) is 4.79 Å². The molecule has 0 fully saturated rings. The maximum Gasteiger partial charge on any atom is 0.252 e. The van der Waals surface area contributed by atoms with Crippen molar-refractivity contribution in [3.05, 3.63) is 36.5 Å². The molecule has 0 radical (unpaired) electrons. The van der Waals surface area contributed by atoms with Crippen LogP contribution in [0.25, 0.3) is 5.82 Å². The Labute approximate surface area is 123 Å². The van der Waals surface area contributed by atoms with Crippen LogP contribution in [0.3, 0.4) is 0 Å². The van der Waals surface area contributed by atoms with Gasteiger partial charge in [0.1, 0.15) is 12.7 Å². The molecule has 0 saturated heterocycles. The predicted octanol–water partition coefficient (Wildman–Crippen LogP) is 0.799. The molecule has 7 nitrogen and oxygen atoms in total. The molecule has 7 heteroatoms. The Morgan fingerprint density at radius 3 is 2.81 bits per heavy atom. The number of nitrogens with zero attached hydrogens (tertiary/aromatic N) is 4. The summed E-state index contributed by atoms with van der Waals surface area (Å²) < 4.78 is 1.51. The Morgan fingerprint density at radius 2 is 2.24 bits per heavy atom. The summed E-state index contributed by atoms with van der Waals surface area (Å²) in [5.41, 5.74) is 0.440. The summed E-state index contributed by atoms with van der Waals surface area (Å²) in [6.45, 7) is 4.29. The van der Waals surface area contributed by atoms with Gasteiger partial charge in [0.05, 0.1) is 11.7 Å². The standard InChI is InChI=1S/C14H19N5O2/c1-10(2)5-12(20)7-17-14(21)11-3-4-13(16-6-11)19-9-15-8-18-19/h3-4,6,8-10,12,20H,5,7H2,1-2H3,(H,17,21). The summed E-state index contributed by atoms with van der Waals surface area (Å²) in [4.78, 5) is 19.9. The third kappa shape index (κ3) is 4.35. The number of aliphatic hydroxyl groups excluding tert-OH is 1. The van der Waals surface area contributed by atoms with Crippen LogP contribution in [0, 0.1) is 5.92 Å². The van der Waals surface area contributed by atoms with Gasteiger partial charge in [0, 0.05) is 12.7 Å². The smallest absolute Gasteiger partial charge is 0.252 e. The van der Waals surface area contributed by atoms with Gasteiger partial charge in [-0.2, -0.15) is 5.10 Å². The molecule has 1 amide bonds. The normalized spacial score (nSPS) is 12.4. The molecule has 1 unspecified atom stereocenters. The molecule has 0 spiro atoms. The summed E-state index contributed by atoms with van der Waals surface area (Å²) in [5.74, 6) is 0.722. The number of aromatic nitrogens is 4. The van der Waals surface area contributed by atoms with E-state index >= 15 is 0 Å². The van der Waals surface area contributed by atoms with E-state index in [1.807, 2.05) is 13.8 Å². The van der Waals surface area contributed by atoms with E-state index in [1.54, 1.807) is 12.1 Å². The number of aliphatic hydroxyl groups is 1. The summed E-state index contributed by atoms with van der Waals surface area (Å²) in [7, 11) is 0. The van der Waals surface area contributed by atoms with E-state index in [9.17, 15) is 9.90 Å². The van der Waals surface area contributed by atoms with Gasteiger partial charge in [0.25, 0.3) is 5.91 Å². The third-order valence-corrected chi connectivity index (χ3v) is 2.91. The summed E-state index contributed by atoms with van der Waals surface area (Å²) >= 11 is 0. The Hall–Kier alpha value is -2.28. The van der Waals surface area contributed by atoms with E-state index in [0.717, 1.165) is 0 Å². The van der Waals surface area contributed by atoms with Crippen LogP contribution in [0.15, 0.2) is 31.0 Å². The van der Waals surface area contributed by atoms with E-state index in [0.29, 0.717) is 23.7 Å². The molecule has 21 heavy (non-hydrogen) atoms. The molecule has 0 aromatic carbocycles. The second-order valence-corrected chi connectivity index (χ2v) is 5.24. The van der Waals surface area contributed by atoms with Gasteiger partial charge in [-0.25, -0.2) is 14.6 Å². The quantitative estimate of drug-likeness (QED) is 0.820. The summed E-state index contributed by atoms with van der Waals surface area (Å²) in [5, 5.41) is 16.4. The van der Waals surface area contributed by atoms with Crippen LogP contribution in [-0.4, -0.2) is 43.4 Å². The van der Waals surface area contributed by atoms with Crippen molar-refractivity contribution in [1.29, 1.82) is 0 Å². The molecule has 0 saturated carbocycles. The maximum atomic E-state index is 11.9. The molecule has 0 aliphatic heterocycles. The first-order chi connectivity index (χ1) is 10.1. The van der Waals surface area contributed by atoms with Gasteiger partial charge in [0.15, 0.2) is 5.82 Å². The van der Waals surface area contributed by atoms with Crippen molar-refractivity contribution < 1.29 is 9.90 Å². The molecule has 2 aromatic heterocycles. The van der Waals surface area contributed by atoms with E-state index < -0.39 is 6.10 Å². The SMILES string of the molecule is CC(C)CC(O)CNC(=O)c1ccc(-n2cncn2)nc1. The molecule has 2 heterocycles. The molecule has 2 rings (SSSR count). The summed E-state index contributed by atoms with van der Waals surface area (Å²) in [6, 6.07) is 3.35. The molecule has 2 aromatic rings. The molecule has 0 aliphatic rings. The molecule has 112 valence electrons. The maximum absolute atomic E-state index is 11.9. The van der Waals surface area contributed by atoms with Gasteiger partial charge in [0.2, 0.25) is 0 Å². The van der Waals surface area contributed by atoms with Crippen LogP contribution in [-0.2, 0) is 0 Å². The highest BCUT2D eigenvalue weighted by molar-refractivity contribution is 5.93. The monoisotopic (exact) mass is 289 g/mol. The van der Waals surface area contributed by atoms with Gasteiger partial charge < -0.3 is 10.4 Å². The van der Waals surface area contributed by atoms with Crippen molar-refractivity contribution in [3.63, 3.8) is 0 Å². The van der Waals surface area contributed by atoms with E-state index in [1.165, 1.54) is 23.5 Å². The minimum absolute atomic E-state index is 0.238. The largest absolute Gasteiger partial charge is 0.391 e. The average Bonchev–Trinajstić information content (AvgIpc) is 2.98. The molecule has 0 bridgehead atoms.